The lowest BCUT2D eigenvalue weighted by Crippen LogP contribution is -2.44. The van der Waals surface area contributed by atoms with Gasteiger partial charge in [0.1, 0.15) is 6.23 Å². The normalized spacial score (nSPS) is 26.4. The smallest absolute Gasteiger partial charge is 0.109 e. The van der Waals surface area contributed by atoms with Gasteiger partial charge in [0, 0.05) is 6.04 Å². The van der Waals surface area contributed by atoms with Gasteiger partial charge in [-0.1, -0.05) is 51.1 Å². The second-order valence-electron chi connectivity index (χ2n) is 5.20. The Kier molecular flexibility index (Phi) is 4.41. The van der Waals surface area contributed by atoms with Gasteiger partial charge in [0.25, 0.3) is 0 Å². The summed E-state index contributed by atoms with van der Waals surface area (Å²) in [7, 11) is 0. The molecule has 0 aromatic heterocycles. The second kappa shape index (κ2) is 5.85. The molecule has 2 nitrogen and oxygen atoms in total. The van der Waals surface area contributed by atoms with Crippen LogP contribution in [0.25, 0.3) is 0 Å². The van der Waals surface area contributed by atoms with E-state index in [0.717, 1.165) is 25.7 Å². The van der Waals surface area contributed by atoms with Crippen molar-refractivity contribution in [2.45, 2.75) is 64.3 Å². The molecule has 2 heteroatoms. The first-order valence-corrected chi connectivity index (χ1v) is 7.22. The molecule has 2 atom stereocenters. The number of ether oxygens (including phenoxy) is 1. The Hall–Kier alpha value is -0.860. The molecule has 2 rings (SSSR count). The first kappa shape index (κ1) is 13.6. The zero-order valence-corrected chi connectivity index (χ0v) is 11.8. The van der Waals surface area contributed by atoms with Gasteiger partial charge in [-0.15, -0.1) is 0 Å². The molecule has 0 radical (unpaired) electrons. The maximum atomic E-state index is 6.27. The van der Waals surface area contributed by atoms with E-state index in [4.69, 9.17) is 4.74 Å². The number of hydrogen-bond donors (Lipinski definition) is 1. The van der Waals surface area contributed by atoms with Crippen LogP contribution in [0, 0.1) is 0 Å². The van der Waals surface area contributed by atoms with Gasteiger partial charge >= 0.3 is 0 Å². The average Bonchev–Trinajstić information content (AvgIpc) is 2.78. The first-order valence-electron chi connectivity index (χ1n) is 7.22. The molecule has 1 aliphatic heterocycles. The molecule has 1 saturated heterocycles. The summed E-state index contributed by atoms with van der Waals surface area (Å²) in [5.41, 5.74) is 1.40. The van der Waals surface area contributed by atoms with Gasteiger partial charge in [-0.2, -0.15) is 0 Å². The molecule has 0 aliphatic carbocycles. The highest BCUT2D eigenvalue weighted by Gasteiger charge is 2.44. The van der Waals surface area contributed by atoms with Crippen LogP contribution < -0.4 is 5.32 Å². The van der Waals surface area contributed by atoms with Gasteiger partial charge in [-0.3, -0.25) is 5.32 Å². The molecule has 100 valence electrons. The molecular formula is C16H25NO. The zero-order chi connectivity index (χ0) is 13.0. The molecule has 0 spiro atoms. The molecule has 1 aromatic rings. The van der Waals surface area contributed by atoms with Gasteiger partial charge in [0.2, 0.25) is 0 Å². The topological polar surface area (TPSA) is 21.3 Å². The van der Waals surface area contributed by atoms with E-state index in [2.05, 4.69) is 56.4 Å². The highest BCUT2D eigenvalue weighted by molar-refractivity contribution is 5.18. The fraction of sp³-hybridized carbons (Fsp3) is 0.625. The maximum absolute atomic E-state index is 6.27. The molecule has 1 aromatic carbocycles. The standard InChI is InChI=1S/C16H25NO/c1-4-15-17-14(16(5-2,6-3)18-15)12-13-10-8-7-9-11-13/h7-11,14-15,17H,4-6,12H2,1-3H3/t14-,15-/m0/s1. The molecule has 1 aliphatic rings. The molecule has 1 heterocycles. The van der Waals surface area contributed by atoms with Crippen molar-refractivity contribution in [2.75, 3.05) is 0 Å². The van der Waals surface area contributed by atoms with Crippen LogP contribution in [0.5, 0.6) is 0 Å². The van der Waals surface area contributed by atoms with Gasteiger partial charge in [-0.05, 0) is 31.2 Å². The zero-order valence-electron chi connectivity index (χ0n) is 11.8. The van der Waals surface area contributed by atoms with E-state index in [9.17, 15) is 0 Å². The summed E-state index contributed by atoms with van der Waals surface area (Å²) < 4.78 is 6.27. The molecule has 0 bridgehead atoms. The summed E-state index contributed by atoms with van der Waals surface area (Å²) in [5.74, 6) is 0. The predicted molar refractivity (Wildman–Crippen MR) is 75.5 cm³/mol. The van der Waals surface area contributed by atoms with Crippen molar-refractivity contribution in [1.29, 1.82) is 0 Å². The lowest BCUT2D eigenvalue weighted by molar-refractivity contribution is -0.0544. The molecule has 1 N–H and O–H groups in total. The average molecular weight is 247 g/mol. The monoisotopic (exact) mass is 247 g/mol. The minimum absolute atomic E-state index is 0.0104. The lowest BCUT2D eigenvalue weighted by atomic mass is 9.85. The Morgan fingerprint density at radius 3 is 2.33 bits per heavy atom. The van der Waals surface area contributed by atoms with Crippen molar-refractivity contribution >= 4 is 0 Å². The van der Waals surface area contributed by atoms with Crippen LogP contribution in [-0.4, -0.2) is 17.9 Å². The van der Waals surface area contributed by atoms with E-state index < -0.39 is 0 Å². The van der Waals surface area contributed by atoms with Crippen molar-refractivity contribution in [1.82, 2.24) is 5.32 Å². The molecule has 0 saturated carbocycles. The van der Waals surface area contributed by atoms with Crippen LogP contribution in [0.4, 0.5) is 0 Å². The highest BCUT2D eigenvalue weighted by Crippen LogP contribution is 2.34. The molecular weight excluding hydrogens is 222 g/mol. The Labute approximate surface area is 111 Å². The summed E-state index contributed by atoms with van der Waals surface area (Å²) in [6.45, 7) is 6.65. The van der Waals surface area contributed by atoms with Crippen molar-refractivity contribution < 1.29 is 4.74 Å². The van der Waals surface area contributed by atoms with Crippen LogP contribution in [0.2, 0.25) is 0 Å². The van der Waals surface area contributed by atoms with E-state index in [1.807, 2.05) is 0 Å². The Morgan fingerprint density at radius 2 is 1.78 bits per heavy atom. The van der Waals surface area contributed by atoms with Crippen LogP contribution in [0.15, 0.2) is 30.3 Å². The van der Waals surface area contributed by atoms with Crippen LogP contribution in [0.3, 0.4) is 0 Å². The van der Waals surface area contributed by atoms with Crippen LogP contribution in [-0.2, 0) is 11.2 Å². The Bertz CT molecular complexity index is 359. The van der Waals surface area contributed by atoms with E-state index >= 15 is 0 Å². The number of benzene rings is 1. The summed E-state index contributed by atoms with van der Waals surface area (Å²) in [4.78, 5) is 0. The number of rotatable bonds is 5. The number of nitrogens with one attached hydrogen (secondary N) is 1. The Balaban J connectivity index is 2.14. The fourth-order valence-corrected chi connectivity index (χ4v) is 2.98. The van der Waals surface area contributed by atoms with E-state index in [0.29, 0.717) is 6.04 Å². The molecule has 1 fully saturated rings. The van der Waals surface area contributed by atoms with E-state index in [1.165, 1.54) is 5.56 Å². The maximum Gasteiger partial charge on any atom is 0.109 e. The van der Waals surface area contributed by atoms with Gasteiger partial charge in [0.15, 0.2) is 0 Å². The summed E-state index contributed by atoms with van der Waals surface area (Å²) >= 11 is 0. The quantitative estimate of drug-likeness (QED) is 0.859. The number of hydrogen-bond acceptors (Lipinski definition) is 2. The van der Waals surface area contributed by atoms with Crippen LogP contribution in [0.1, 0.15) is 45.6 Å². The summed E-state index contributed by atoms with van der Waals surface area (Å²) in [6, 6.07) is 11.1. The SMILES string of the molecule is CC[C@H]1N[C@@H](Cc2ccccc2)C(CC)(CC)O1. The van der Waals surface area contributed by atoms with Gasteiger partial charge in [0.05, 0.1) is 5.60 Å². The highest BCUT2D eigenvalue weighted by atomic mass is 16.5. The third kappa shape index (κ3) is 2.60. The minimum atomic E-state index is 0.0104. The third-order valence-electron chi connectivity index (χ3n) is 4.25. The van der Waals surface area contributed by atoms with Gasteiger partial charge < -0.3 is 4.74 Å². The summed E-state index contributed by atoms with van der Waals surface area (Å²) in [5, 5.41) is 3.66. The van der Waals surface area contributed by atoms with E-state index in [-0.39, 0.29) is 11.8 Å². The third-order valence-corrected chi connectivity index (χ3v) is 4.25. The molecule has 0 unspecified atom stereocenters. The van der Waals surface area contributed by atoms with Crippen molar-refractivity contribution in [2.24, 2.45) is 0 Å². The first-order chi connectivity index (χ1) is 8.74. The fourth-order valence-electron chi connectivity index (χ4n) is 2.98. The van der Waals surface area contributed by atoms with Crippen LogP contribution >= 0.6 is 0 Å². The summed E-state index contributed by atoms with van der Waals surface area (Å²) in [6.07, 6.45) is 4.46. The molecule has 0 amide bonds. The predicted octanol–water partition coefficient (Wildman–Crippen LogP) is 3.51. The van der Waals surface area contributed by atoms with Crippen molar-refractivity contribution in [3.05, 3.63) is 35.9 Å². The Morgan fingerprint density at radius 1 is 1.11 bits per heavy atom. The van der Waals surface area contributed by atoms with Crippen molar-refractivity contribution in [3.8, 4) is 0 Å². The van der Waals surface area contributed by atoms with E-state index in [1.54, 1.807) is 0 Å². The lowest BCUT2D eigenvalue weighted by Gasteiger charge is -2.32. The molecule has 18 heavy (non-hydrogen) atoms. The second-order valence-corrected chi connectivity index (χ2v) is 5.20. The largest absolute Gasteiger partial charge is 0.355 e. The minimum Gasteiger partial charge on any atom is -0.355 e. The van der Waals surface area contributed by atoms with Gasteiger partial charge in [-0.25, -0.2) is 0 Å². The van der Waals surface area contributed by atoms with Crippen molar-refractivity contribution in [3.63, 3.8) is 0 Å².